The first-order chi connectivity index (χ1) is 8.33. The van der Waals surface area contributed by atoms with Gasteiger partial charge in [0.25, 0.3) is 0 Å². The quantitative estimate of drug-likeness (QED) is 0.516. The number of carbonyl (C=O) groups is 1. The van der Waals surface area contributed by atoms with E-state index in [1.807, 2.05) is 6.07 Å². The van der Waals surface area contributed by atoms with E-state index in [1.54, 1.807) is 0 Å². The maximum absolute atomic E-state index is 10.8. The van der Waals surface area contributed by atoms with E-state index < -0.39 is 0 Å². The highest BCUT2D eigenvalue weighted by molar-refractivity contribution is 6.05. The average molecular weight is 252 g/mol. The zero-order valence-electron chi connectivity index (χ0n) is 10.4. The van der Waals surface area contributed by atoms with Crippen LogP contribution in [0.25, 0.3) is 0 Å². The van der Waals surface area contributed by atoms with Crippen LogP contribution in [0.4, 0.5) is 0 Å². The summed E-state index contributed by atoms with van der Waals surface area (Å²) in [5.41, 5.74) is 1.38. The van der Waals surface area contributed by atoms with Crippen LogP contribution in [0.15, 0.2) is 30.3 Å². The molecule has 94 valence electrons. The fourth-order valence-corrected chi connectivity index (χ4v) is 1.69. The van der Waals surface area contributed by atoms with E-state index >= 15 is 0 Å². The number of benzene rings is 1. The highest BCUT2D eigenvalue weighted by Gasteiger charge is 1.98. The van der Waals surface area contributed by atoms with Crippen LogP contribution < -0.4 is 0 Å². The zero-order chi connectivity index (χ0) is 12.3. The van der Waals surface area contributed by atoms with E-state index in [-0.39, 0.29) is 12.6 Å². The lowest BCUT2D eigenvalue weighted by Crippen LogP contribution is -2.11. The molecule has 1 aromatic rings. The van der Waals surface area contributed by atoms with E-state index in [0.717, 1.165) is 19.3 Å². The van der Waals surface area contributed by atoms with Gasteiger partial charge in [-0.3, -0.25) is 4.79 Å². The lowest BCUT2D eigenvalue weighted by molar-refractivity contribution is -0.139. The third-order valence-electron chi connectivity index (χ3n) is 2.54. The molecule has 0 atom stereocenters. The van der Waals surface area contributed by atoms with Gasteiger partial charge in [-0.1, -0.05) is 36.8 Å². The molecule has 0 unspecified atom stereocenters. The van der Waals surface area contributed by atoms with Crippen molar-refractivity contribution in [2.45, 2.75) is 25.7 Å². The molecule has 0 aromatic heterocycles. The van der Waals surface area contributed by atoms with E-state index in [2.05, 4.69) is 28.7 Å². The van der Waals surface area contributed by atoms with Crippen molar-refractivity contribution in [2.75, 3.05) is 13.2 Å². The standard InChI is InChI=1S/C13H20O3Si/c14-13(16-17)11-15-10-6-2-5-9-12-7-3-1-4-8-12/h1,3-4,7-8H,2,5-6,9-11H2,17H3. The van der Waals surface area contributed by atoms with Crippen LogP contribution in [0.5, 0.6) is 0 Å². The van der Waals surface area contributed by atoms with Crippen molar-refractivity contribution < 1.29 is 14.0 Å². The van der Waals surface area contributed by atoms with Gasteiger partial charge in [0.15, 0.2) is 0 Å². The van der Waals surface area contributed by atoms with Crippen molar-refractivity contribution in [1.29, 1.82) is 0 Å². The number of ether oxygens (including phenoxy) is 1. The Morgan fingerprint density at radius 1 is 1.12 bits per heavy atom. The second-order valence-corrected chi connectivity index (χ2v) is 4.33. The monoisotopic (exact) mass is 252 g/mol. The van der Waals surface area contributed by atoms with Gasteiger partial charge in [-0.2, -0.15) is 0 Å². The van der Waals surface area contributed by atoms with Gasteiger partial charge in [0, 0.05) is 6.61 Å². The minimum atomic E-state index is -0.249. The van der Waals surface area contributed by atoms with Gasteiger partial charge in [-0.05, 0) is 24.8 Å². The maximum atomic E-state index is 10.8. The van der Waals surface area contributed by atoms with E-state index in [1.165, 1.54) is 12.0 Å². The molecule has 17 heavy (non-hydrogen) atoms. The van der Waals surface area contributed by atoms with Gasteiger partial charge < -0.3 is 9.16 Å². The van der Waals surface area contributed by atoms with E-state index in [0.29, 0.717) is 17.1 Å². The van der Waals surface area contributed by atoms with Crippen molar-refractivity contribution in [3.63, 3.8) is 0 Å². The lowest BCUT2D eigenvalue weighted by Gasteiger charge is -2.03. The van der Waals surface area contributed by atoms with Crippen LogP contribution >= 0.6 is 0 Å². The van der Waals surface area contributed by atoms with Crippen LogP contribution in [-0.4, -0.2) is 29.7 Å². The lowest BCUT2D eigenvalue weighted by atomic mass is 10.1. The third-order valence-corrected chi connectivity index (χ3v) is 3.00. The number of hydrogen-bond acceptors (Lipinski definition) is 3. The Morgan fingerprint density at radius 3 is 2.59 bits per heavy atom. The largest absolute Gasteiger partial charge is 0.527 e. The molecule has 4 heteroatoms. The summed E-state index contributed by atoms with van der Waals surface area (Å²) >= 11 is 0. The smallest absolute Gasteiger partial charge is 0.318 e. The number of hydrogen-bond donors (Lipinski definition) is 0. The molecule has 0 amide bonds. The molecule has 0 radical (unpaired) electrons. The number of rotatable bonds is 8. The minimum Gasteiger partial charge on any atom is -0.527 e. The Balaban J connectivity index is 1.93. The van der Waals surface area contributed by atoms with E-state index in [9.17, 15) is 4.79 Å². The Bertz CT molecular complexity index is 314. The molecule has 0 heterocycles. The Labute approximate surface area is 106 Å². The molecule has 3 nitrogen and oxygen atoms in total. The molecular weight excluding hydrogens is 232 g/mol. The SMILES string of the molecule is O=C(COCCCCCc1ccccc1)O[SiH3]. The molecule has 0 saturated heterocycles. The van der Waals surface area contributed by atoms with Crippen molar-refractivity contribution in [3.05, 3.63) is 35.9 Å². The summed E-state index contributed by atoms with van der Waals surface area (Å²) in [6, 6.07) is 10.5. The van der Waals surface area contributed by atoms with Crippen molar-refractivity contribution in [2.24, 2.45) is 0 Å². The van der Waals surface area contributed by atoms with Gasteiger partial charge in [-0.15, -0.1) is 0 Å². The number of carbonyl (C=O) groups excluding carboxylic acids is 1. The molecule has 0 aliphatic rings. The maximum Gasteiger partial charge on any atom is 0.318 e. The zero-order valence-corrected chi connectivity index (χ0v) is 12.4. The molecule has 1 rings (SSSR count). The highest BCUT2D eigenvalue weighted by atomic mass is 28.2. The summed E-state index contributed by atoms with van der Waals surface area (Å²) < 4.78 is 9.80. The van der Waals surface area contributed by atoms with Crippen LogP contribution in [0.2, 0.25) is 0 Å². The molecule has 0 fully saturated rings. The summed E-state index contributed by atoms with van der Waals surface area (Å²) in [6.45, 7) is 0.744. The second kappa shape index (κ2) is 8.96. The molecular formula is C13H20O3Si. The van der Waals surface area contributed by atoms with Gasteiger partial charge in [0.05, 0.1) is 0 Å². The predicted molar refractivity (Wildman–Crippen MR) is 70.8 cm³/mol. The summed E-state index contributed by atoms with van der Waals surface area (Å²) in [4.78, 5) is 10.8. The molecule has 1 aromatic carbocycles. The second-order valence-electron chi connectivity index (χ2n) is 3.92. The highest BCUT2D eigenvalue weighted by Crippen LogP contribution is 2.06. The fraction of sp³-hybridized carbons (Fsp3) is 0.462. The Morgan fingerprint density at radius 2 is 1.88 bits per heavy atom. The van der Waals surface area contributed by atoms with Gasteiger partial charge >= 0.3 is 5.97 Å². The van der Waals surface area contributed by atoms with Crippen molar-refractivity contribution in [3.8, 4) is 0 Å². The van der Waals surface area contributed by atoms with Gasteiger partial charge in [0.1, 0.15) is 6.61 Å². The molecule has 0 saturated carbocycles. The average Bonchev–Trinajstić information content (AvgIpc) is 2.38. The molecule has 0 N–H and O–H groups in total. The summed E-state index contributed by atoms with van der Waals surface area (Å²) in [6.07, 6.45) is 4.41. The molecule has 0 aliphatic carbocycles. The van der Waals surface area contributed by atoms with E-state index in [4.69, 9.17) is 4.74 Å². The molecule has 0 bridgehead atoms. The summed E-state index contributed by atoms with van der Waals surface area (Å²) in [5, 5.41) is 0. The predicted octanol–water partition coefficient (Wildman–Crippen LogP) is 1.24. The third kappa shape index (κ3) is 6.91. The minimum absolute atomic E-state index is 0.0994. The van der Waals surface area contributed by atoms with Crippen LogP contribution in [0.1, 0.15) is 24.8 Å². The van der Waals surface area contributed by atoms with Crippen molar-refractivity contribution >= 4 is 16.5 Å². The summed E-state index contributed by atoms with van der Waals surface area (Å²) in [7, 11) is 0.449. The van der Waals surface area contributed by atoms with Crippen LogP contribution in [0.3, 0.4) is 0 Å². The first kappa shape index (κ1) is 13.9. The Kier molecular flexibility index (Phi) is 7.34. The van der Waals surface area contributed by atoms with Crippen LogP contribution in [-0.2, 0) is 20.4 Å². The first-order valence-electron chi connectivity index (χ1n) is 6.01. The van der Waals surface area contributed by atoms with Gasteiger partial charge in [0.2, 0.25) is 10.5 Å². The molecule has 0 aliphatic heterocycles. The summed E-state index contributed by atoms with van der Waals surface area (Å²) in [5.74, 6) is -0.249. The fourth-order valence-electron chi connectivity index (χ4n) is 1.57. The Hall–Kier alpha value is -1.13. The topological polar surface area (TPSA) is 35.5 Å². The number of aryl methyl sites for hydroxylation is 1. The molecule has 0 spiro atoms. The van der Waals surface area contributed by atoms with Gasteiger partial charge in [-0.25, -0.2) is 0 Å². The number of unbranched alkanes of at least 4 members (excludes halogenated alkanes) is 2. The first-order valence-corrected chi connectivity index (χ1v) is 6.83. The normalized spacial score (nSPS) is 10.4. The van der Waals surface area contributed by atoms with Crippen LogP contribution in [0, 0.1) is 0 Å². The van der Waals surface area contributed by atoms with Crippen molar-refractivity contribution in [1.82, 2.24) is 0 Å².